The van der Waals surface area contributed by atoms with Crippen LogP contribution in [0.5, 0.6) is 0 Å². The molecule has 126 valence electrons. The molecule has 1 amide bonds. The third-order valence-corrected chi connectivity index (χ3v) is 6.17. The van der Waals surface area contributed by atoms with Crippen molar-refractivity contribution in [3.05, 3.63) is 41.0 Å². The van der Waals surface area contributed by atoms with E-state index in [1.54, 1.807) is 11.8 Å². The molecule has 5 nitrogen and oxygen atoms in total. The number of thioether (sulfide) groups is 1. The molecule has 0 bridgehead atoms. The molecule has 2 aliphatic rings. The number of hydrogen-bond donors (Lipinski definition) is 1. The average Bonchev–Trinajstić information content (AvgIpc) is 3.17. The van der Waals surface area contributed by atoms with Gasteiger partial charge in [0.1, 0.15) is 11.6 Å². The zero-order chi connectivity index (χ0) is 16.7. The summed E-state index contributed by atoms with van der Waals surface area (Å²) in [6.07, 6.45) is 3.53. The molecule has 2 atom stereocenters. The van der Waals surface area contributed by atoms with E-state index in [-0.39, 0.29) is 17.2 Å². The number of carbonyl (C=O) groups is 1. The molecule has 1 N–H and O–H groups in total. The molecule has 3 heterocycles. The molecule has 6 heteroatoms. The number of rotatable bonds is 3. The molecule has 4 rings (SSSR count). The van der Waals surface area contributed by atoms with Gasteiger partial charge in [-0.3, -0.25) is 4.79 Å². The van der Waals surface area contributed by atoms with Crippen LogP contribution in [0.15, 0.2) is 23.1 Å². The number of amides is 1. The second-order valence-corrected chi connectivity index (χ2v) is 7.91. The normalized spacial score (nSPS) is 22.1. The highest BCUT2D eigenvalue weighted by Crippen LogP contribution is 2.37. The largest absolute Gasteiger partial charge is 0.351 e. The molecule has 2 aliphatic heterocycles. The van der Waals surface area contributed by atoms with Gasteiger partial charge in [0.05, 0.1) is 5.25 Å². The summed E-state index contributed by atoms with van der Waals surface area (Å²) in [5.74, 6) is 2.23. The van der Waals surface area contributed by atoms with Crippen molar-refractivity contribution < 1.29 is 4.79 Å². The van der Waals surface area contributed by atoms with E-state index < -0.39 is 0 Å². The van der Waals surface area contributed by atoms with Gasteiger partial charge in [0, 0.05) is 30.3 Å². The van der Waals surface area contributed by atoms with E-state index in [1.807, 2.05) is 0 Å². The predicted octanol–water partition coefficient (Wildman–Crippen LogP) is 2.30. The minimum absolute atomic E-state index is 0.00486. The number of aromatic nitrogens is 3. The van der Waals surface area contributed by atoms with Gasteiger partial charge >= 0.3 is 0 Å². The first-order chi connectivity index (χ1) is 11.6. The van der Waals surface area contributed by atoms with Crippen molar-refractivity contribution in [1.82, 2.24) is 20.1 Å². The zero-order valence-corrected chi connectivity index (χ0v) is 14.9. The topological polar surface area (TPSA) is 59.8 Å². The van der Waals surface area contributed by atoms with Crippen molar-refractivity contribution in [2.24, 2.45) is 0 Å². The van der Waals surface area contributed by atoms with Gasteiger partial charge in [0.2, 0.25) is 5.91 Å². The molecule has 0 fully saturated rings. The Labute approximate surface area is 146 Å². The van der Waals surface area contributed by atoms with Crippen LogP contribution in [0.4, 0.5) is 0 Å². The lowest BCUT2D eigenvalue weighted by Crippen LogP contribution is -2.44. The monoisotopic (exact) mass is 342 g/mol. The molecule has 0 spiro atoms. The van der Waals surface area contributed by atoms with Gasteiger partial charge in [-0.25, -0.2) is 0 Å². The number of hydrogen-bond acceptors (Lipinski definition) is 4. The van der Waals surface area contributed by atoms with Gasteiger partial charge in [-0.2, -0.15) is 0 Å². The highest BCUT2D eigenvalue weighted by molar-refractivity contribution is 8.01. The van der Waals surface area contributed by atoms with Crippen LogP contribution in [0.3, 0.4) is 0 Å². The third-order valence-electron chi connectivity index (χ3n) is 4.88. The second kappa shape index (κ2) is 6.24. The SMILES string of the molecule is CCc1nnc2n1CC(NC(=O)C1Cc3ccc(C)cc3S1)CC2. The lowest BCUT2D eigenvalue weighted by Gasteiger charge is -2.26. The molecule has 2 aromatic rings. The maximum absolute atomic E-state index is 12.7. The molecule has 24 heavy (non-hydrogen) atoms. The molecule has 0 radical (unpaired) electrons. The Morgan fingerprint density at radius 2 is 2.29 bits per heavy atom. The van der Waals surface area contributed by atoms with Crippen LogP contribution in [0, 0.1) is 6.92 Å². The lowest BCUT2D eigenvalue weighted by molar-refractivity contribution is -0.121. The first-order valence-electron chi connectivity index (χ1n) is 8.61. The first kappa shape index (κ1) is 15.7. The van der Waals surface area contributed by atoms with Crippen LogP contribution in [0.25, 0.3) is 0 Å². The molecular weight excluding hydrogens is 320 g/mol. The van der Waals surface area contributed by atoms with Crippen molar-refractivity contribution in [3.8, 4) is 0 Å². The van der Waals surface area contributed by atoms with Crippen molar-refractivity contribution in [3.63, 3.8) is 0 Å². The molecule has 2 unspecified atom stereocenters. The van der Waals surface area contributed by atoms with E-state index in [4.69, 9.17) is 0 Å². The Balaban J connectivity index is 1.41. The maximum atomic E-state index is 12.7. The quantitative estimate of drug-likeness (QED) is 0.930. The van der Waals surface area contributed by atoms with Crippen LogP contribution in [-0.4, -0.2) is 32.0 Å². The van der Waals surface area contributed by atoms with Crippen LogP contribution in [-0.2, 0) is 30.6 Å². The predicted molar refractivity (Wildman–Crippen MR) is 94.2 cm³/mol. The standard InChI is InChI=1S/C18H22N4OS/c1-3-16-20-21-17-7-6-13(10-22(16)17)19-18(23)15-9-12-5-4-11(2)8-14(12)24-15/h4-5,8,13,15H,3,6-7,9-10H2,1-2H3,(H,19,23). The van der Waals surface area contributed by atoms with Gasteiger partial charge in [-0.15, -0.1) is 22.0 Å². The van der Waals surface area contributed by atoms with Crippen LogP contribution in [0.2, 0.25) is 0 Å². The van der Waals surface area contributed by atoms with E-state index in [9.17, 15) is 4.79 Å². The highest BCUT2D eigenvalue weighted by Gasteiger charge is 2.31. The fourth-order valence-corrected chi connectivity index (χ4v) is 4.84. The Morgan fingerprint density at radius 1 is 1.42 bits per heavy atom. The van der Waals surface area contributed by atoms with Crippen LogP contribution < -0.4 is 5.32 Å². The summed E-state index contributed by atoms with van der Waals surface area (Å²) in [5, 5.41) is 11.7. The Hall–Kier alpha value is -1.82. The van der Waals surface area contributed by atoms with Gasteiger partial charge in [0.15, 0.2) is 0 Å². The summed E-state index contributed by atoms with van der Waals surface area (Å²) >= 11 is 1.70. The number of aryl methyl sites for hydroxylation is 3. The van der Waals surface area contributed by atoms with Crippen LogP contribution >= 0.6 is 11.8 Å². The van der Waals surface area contributed by atoms with Gasteiger partial charge in [0.25, 0.3) is 0 Å². The lowest BCUT2D eigenvalue weighted by atomic mass is 10.1. The number of carbonyl (C=O) groups excluding carboxylic acids is 1. The van der Waals surface area contributed by atoms with Crippen molar-refractivity contribution in [1.29, 1.82) is 0 Å². The number of nitrogens with one attached hydrogen (secondary N) is 1. The van der Waals surface area contributed by atoms with E-state index in [0.717, 1.165) is 43.9 Å². The van der Waals surface area contributed by atoms with Gasteiger partial charge in [-0.05, 0) is 31.4 Å². The fraction of sp³-hybridized carbons (Fsp3) is 0.500. The number of nitrogens with zero attached hydrogens (tertiary/aromatic N) is 3. The summed E-state index contributed by atoms with van der Waals surface area (Å²) in [6, 6.07) is 6.64. The third kappa shape index (κ3) is 2.83. The fourth-order valence-electron chi connectivity index (χ4n) is 3.54. The summed E-state index contributed by atoms with van der Waals surface area (Å²) in [6.45, 7) is 4.98. The number of fused-ring (bicyclic) bond motifs is 2. The van der Waals surface area contributed by atoms with E-state index in [1.165, 1.54) is 16.0 Å². The smallest absolute Gasteiger partial charge is 0.234 e. The highest BCUT2D eigenvalue weighted by atomic mass is 32.2. The summed E-state index contributed by atoms with van der Waals surface area (Å²) in [5.41, 5.74) is 2.55. The van der Waals surface area contributed by atoms with Crippen molar-refractivity contribution in [2.45, 2.75) is 62.3 Å². The van der Waals surface area contributed by atoms with E-state index in [2.05, 4.69) is 52.1 Å². The Bertz CT molecular complexity index is 772. The minimum atomic E-state index is -0.00486. The first-order valence-corrected chi connectivity index (χ1v) is 9.49. The number of benzene rings is 1. The summed E-state index contributed by atoms with van der Waals surface area (Å²) in [4.78, 5) is 14.0. The van der Waals surface area contributed by atoms with Crippen molar-refractivity contribution >= 4 is 17.7 Å². The van der Waals surface area contributed by atoms with Crippen LogP contribution in [0.1, 0.15) is 36.1 Å². The summed E-state index contributed by atoms with van der Waals surface area (Å²) in [7, 11) is 0. The maximum Gasteiger partial charge on any atom is 0.234 e. The zero-order valence-electron chi connectivity index (χ0n) is 14.1. The molecule has 0 saturated carbocycles. The molecular formula is C18H22N4OS. The average molecular weight is 342 g/mol. The van der Waals surface area contributed by atoms with Crippen molar-refractivity contribution in [2.75, 3.05) is 0 Å². The molecule has 1 aromatic heterocycles. The molecule has 0 aliphatic carbocycles. The van der Waals surface area contributed by atoms with E-state index in [0.29, 0.717) is 0 Å². The Morgan fingerprint density at radius 3 is 3.12 bits per heavy atom. The second-order valence-electron chi connectivity index (χ2n) is 6.66. The van der Waals surface area contributed by atoms with E-state index >= 15 is 0 Å². The molecule has 0 saturated heterocycles. The van der Waals surface area contributed by atoms with Gasteiger partial charge < -0.3 is 9.88 Å². The minimum Gasteiger partial charge on any atom is -0.351 e. The molecule has 1 aromatic carbocycles. The van der Waals surface area contributed by atoms with Gasteiger partial charge in [-0.1, -0.05) is 24.6 Å². The Kier molecular flexibility index (Phi) is 4.08. The summed E-state index contributed by atoms with van der Waals surface area (Å²) < 4.78 is 2.17.